The molecule has 7 N–H and O–H groups in total. The second kappa shape index (κ2) is 7.18. The molecule has 2 unspecified atom stereocenters. The van der Waals surface area contributed by atoms with Crippen molar-refractivity contribution in [3.05, 3.63) is 0 Å². The molecule has 1 aliphatic heterocycles. The van der Waals surface area contributed by atoms with E-state index in [1.807, 2.05) is 0 Å². The molecular weight excluding hydrogens is 296 g/mol. The Hall–Kier alpha value is -2.20. The molecule has 0 spiro atoms. The minimum Gasteiger partial charge on any atom is -0.480 e. The predicted octanol–water partition coefficient (Wildman–Crippen LogP) is -3.09. The molecule has 3 amide bonds. The fourth-order valence-corrected chi connectivity index (χ4v) is 1.71. The maximum absolute atomic E-state index is 11.8. The number of nitrogens with two attached hydrogens (primary N) is 2. The number of rotatable bonds is 8. The fourth-order valence-electron chi connectivity index (χ4n) is 1.71. The Labute approximate surface area is 126 Å². The number of carbonyl (C=O) groups excluding carboxylic acids is 3. The molecule has 124 valence electrons. The van der Waals surface area contributed by atoms with Crippen molar-refractivity contribution in [3.8, 4) is 0 Å². The molecule has 0 bridgehead atoms. The summed E-state index contributed by atoms with van der Waals surface area (Å²) >= 11 is 0. The van der Waals surface area contributed by atoms with Gasteiger partial charge in [0.25, 0.3) is 5.91 Å². The molecular formula is C12H20N4O6. The zero-order valence-electron chi connectivity index (χ0n) is 12.2. The van der Waals surface area contributed by atoms with Gasteiger partial charge in [-0.3, -0.25) is 14.4 Å². The van der Waals surface area contributed by atoms with Crippen molar-refractivity contribution >= 4 is 23.7 Å². The molecule has 0 aromatic rings. The number of ether oxygens (including phenoxy) is 1. The standard InChI is InChI=1S/C12H20N4O6/c1-4(2)6(12(20)21)16-10(18)5(13)3-15-11(19)8-7(22-8)9(14)17/h4-8H,3,13H2,1-2H3,(H2,14,17)(H,15,19)(H,16,18)(H,20,21)/t5-,6-,7?,8?/m0/s1. The Morgan fingerprint density at radius 3 is 2.23 bits per heavy atom. The molecule has 0 aliphatic carbocycles. The molecule has 1 saturated heterocycles. The monoisotopic (exact) mass is 316 g/mol. The number of carboxylic acids is 1. The van der Waals surface area contributed by atoms with E-state index in [0.717, 1.165) is 0 Å². The van der Waals surface area contributed by atoms with Crippen molar-refractivity contribution in [3.63, 3.8) is 0 Å². The third-order valence-electron chi connectivity index (χ3n) is 3.09. The van der Waals surface area contributed by atoms with E-state index in [9.17, 15) is 19.2 Å². The highest BCUT2D eigenvalue weighted by molar-refractivity contribution is 5.94. The van der Waals surface area contributed by atoms with Crippen LogP contribution < -0.4 is 22.1 Å². The quantitative estimate of drug-likeness (QED) is 0.294. The summed E-state index contributed by atoms with van der Waals surface area (Å²) in [6, 6.07) is -2.20. The van der Waals surface area contributed by atoms with Gasteiger partial charge in [-0.05, 0) is 5.92 Å². The van der Waals surface area contributed by atoms with Gasteiger partial charge in [0.05, 0.1) is 0 Å². The van der Waals surface area contributed by atoms with Gasteiger partial charge in [0.15, 0.2) is 12.2 Å². The van der Waals surface area contributed by atoms with E-state index >= 15 is 0 Å². The number of epoxide rings is 1. The van der Waals surface area contributed by atoms with Crippen LogP contribution in [0.5, 0.6) is 0 Å². The van der Waals surface area contributed by atoms with Crippen molar-refractivity contribution < 1.29 is 29.0 Å². The summed E-state index contributed by atoms with van der Waals surface area (Å²) in [5.74, 6) is -3.55. The average Bonchev–Trinajstić information content (AvgIpc) is 3.21. The van der Waals surface area contributed by atoms with E-state index in [0.29, 0.717) is 0 Å². The molecule has 4 atom stereocenters. The second-order valence-corrected chi connectivity index (χ2v) is 5.30. The summed E-state index contributed by atoms with van der Waals surface area (Å²) in [4.78, 5) is 45.1. The van der Waals surface area contributed by atoms with Crippen LogP contribution in [0.4, 0.5) is 0 Å². The number of carbonyl (C=O) groups is 4. The molecule has 10 nitrogen and oxygen atoms in total. The Balaban J connectivity index is 2.40. The fraction of sp³-hybridized carbons (Fsp3) is 0.667. The van der Waals surface area contributed by atoms with Crippen molar-refractivity contribution in [2.45, 2.75) is 38.1 Å². The molecule has 22 heavy (non-hydrogen) atoms. The zero-order valence-corrected chi connectivity index (χ0v) is 12.2. The van der Waals surface area contributed by atoms with Crippen molar-refractivity contribution in [1.82, 2.24) is 10.6 Å². The average molecular weight is 316 g/mol. The first-order chi connectivity index (χ1) is 10.1. The molecule has 1 aliphatic rings. The highest BCUT2D eigenvalue weighted by Crippen LogP contribution is 2.21. The predicted molar refractivity (Wildman–Crippen MR) is 73.2 cm³/mol. The largest absolute Gasteiger partial charge is 0.480 e. The van der Waals surface area contributed by atoms with Crippen LogP contribution in [0.15, 0.2) is 0 Å². The molecule has 0 aromatic heterocycles. The minimum absolute atomic E-state index is 0.222. The van der Waals surface area contributed by atoms with Gasteiger partial charge in [0, 0.05) is 6.54 Å². The maximum Gasteiger partial charge on any atom is 0.326 e. The number of hydrogen-bond acceptors (Lipinski definition) is 6. The normalized spacial score (nSPS) is 22.5. The molecule has 1 rings (SSSR count). The van der Waals surface area contributed by atoms with E-state index in [4.69, 9.17) is 21.3 Å². The summed E-state index contributed by atoms with van der Waals surface area (Å²) < 4.78 is 4.75. The lowest BCUT2D eigenvalue weighted by Crippen LogP contribution is -2.54. The third kappa shape index (κ3) is 4.67. The van der Waals surface area contributed by atoms with Gasteiger partial charge in [-0.15, -0.1) is 0 Å². The molecule has 0 radical (unpaired) electrons. The van der Waals surface area contributed by atoms with Crippen LogP contribution in [-0.4, -0.2) is 59.6 Å². The second-order valence-electron chi connectivity index (χ2n) is 5.30. The lowest BCUT2D eigenvalue weighted by atomic mass is 10.0. The Kier molecular flexibility index (Phi) is 5.83. The smallest absolute Gasteiger partial charge is 0.326 e. The Bertz CT molecular complexity index is 480. The molecule has 1 fully saturated rings. The van der Waals surface area contributed by atoms with Crippen molar-refractivity contribution in [2.24, 2.45) is 17.4 Å². The SMILES string of the molecule is CC(C)[C@H](NC(=O)[C@@H](N)CNC(=O)C1OC1C(N)=O)C(=O)O. The van der Waals surface area contributed by atoms with Crippen molar-refractivity contribution in [1.29, 1.82) is 0 Å². The third-order valence-corrected chi connectivity index (χ3v) is 3.09. The Morgan fingerprint density at radius 2 is 1.82 bits per heavy atom. The highest BCUT2D eigenvalue weighted by Gasteiger charge is 2.49. The number of amides is 3. The first-order valence-corrected chi connectivity index (χ1v) is 6.66. The minimum atomic E-state index is -1.17. The van der Waals surface area contributed by atoms with E-state index < -0.39 is 48.0 Å². The number of nitrogens with one attached hydrogen (secondary N) is 2. The summed E-state index contributed by atoms with van der Waals surface area (Å²) in [5, 5.41) is 13.6. The summed E-state index contributed by atoms with van der Waals surface area (Å²) in [7, 11) is 0. The first-order valence-electron chi connectivity index (χ1n) is 6.66. The van der Waals surface area contributed by atoms with Gasteiger partial charge >= 0.3 is 5.97 Å². The van der Waals surface area contributed by atoms with Gasteiger partial charge in [0.1, 0.15) is 12.1 Å². The van der Waals surface area contributed by atoms with Crippen LogP contribution in [-0.2, 0) is 23.9 Å². The maximum atomic E-state index is 11.8. The molecule has 1 heterocycles. The van der Waals surface area contributed by atoms with Crippen LogP contribution in [0.1, 0.15) is 13.8 Å². The van der Waals surface area contributed by atoms with Crippen LogP contribution in [0.2, 0.25) is 0 Å². The van der Waals surface area contributed by atoms with Gasteiger partial charge < -0.3 is 31.9 Å². The first kappa shape index (κ1) is 17.9. The van der Waals surface area contributed by atoms with Crippen molar-refractivity contribution in [2.75, 3.05) is 6.54 Å². The van der Waals surface area contributed by atoms with E-state index in [2.05, 4.69) is 10.6 Å². The van der Waals surface area contributed by atoms with Gasteiger partial charge in [-0.1, -0.05) is 13.8 Å². The van der Waals surface area contributed by atoms with Crippen LogP contribution in [0, 0.1) is 5.92 Å². The van der Waals surface area contributed by atoms with Crippen LogP contribution in [0.25, 0.3) is 0 Å². The summed E-state index contributed by atoms with van der Waals surface area (Å²) in [6.07, 6.45) is -1.92. The van der Waals surface area contributed by atoms with E-state index in [1.54, 1.807) is 13.8 Å². The topological polar surface area (TPSA) is 177 Å². The lowest BCUT2D eigenvalue weighted by molar-refractivity contribution is -0.143. The van der Waals surface area contributed by atoms with E-state index in [-0.39, 0.29) is 12.5 Å². The summed E-state index contributed by atoms with van der Waals surface area (Å²) in [5.41, 5.74) is 10.5. The Morgan fingerprint density at radius 1 is 1.23 bits per heavy atom. The summed E-state index contributed by atoms with van der Waals surface area (Å²) in [6.45, 7) is 3.06. The number of carboxylic acid groups (broad SMARTS) is 1. The zero-order chi connectivity index (χ0) is 17.0. The highest BCUT2D eigenvalue weighted by atomic mass is 16.6. The van der Waals surface area contributed by atoms with Gasteiger partial charge in [-0.25, -0.2) is 4.79 Å². The molecule has 0 saturated carbocycles. The number of primary amides is 1. The molecule has 0 aromatic carbocycles. The van der Waals surface area contributed by atoms with Gasteiger partial charge in [-0.2, -0.15) is 0 Å². The number of hydrogen-bond donors (Lipinski definition) is 5. The van der Waals surface area contributed by atoms with Gasteiger partial charge in [0.2, 0.25) is 11.8 Å². The van der Waals surface area contributed by atoms with E-state index in [1.165, 1.54) is 0 Å². The van der Waals surface area contributed by atoms with Crippen LogP contribution >= 0.6 is 0 Å². The number of aliphatic carboxylic acids is 1. The van der Waals surface area contributed by atoms with Crippen LogP contribution in [0.3, 0.4) is 0 Å². The lowest BCUT2D eigenvalue weighted by Gasteiger charge is -2.20. The molecule has 10 heteroatoms.